The Morgan fingerprint density at radius 3 is 2.73 bits per heavy atom. The van der Waals surface area contributed by atoms with Crippen molar-refractivity contribution in [2.24, 2.45) is 0 Å². The summed E-state index contributed by atoms with van der Waals surface area (Å²) in [5, 5.41) is 3.51. The van der Waals surface area contributed by atoms with Gasteiger partial charge in [-0.2, -0.15) is 0 Å². The van der Waals surface area contributed by atoms with E-state index >= 15 is 0 Å². The molecule has 2 aromatic carbocycles. The smallest absolute Gasteiger partial charge is 0.321 e. The van der Waals surface area contributed by atoms with E-state index < -0.39 is 0 Å². The van der Waals surface area contributed by atoms with Crippen molar-refractivity contribution < 1.29 is 4.79 Å². The number of hydrogen-bond acceptors (Lipinski definition) is 3. The number of carbonyl (C=O) groups excluding carboxylic acids is 1. The van der Waals surface area contributed by atoms with Crippen molar-refractivity contribution >= 4 is 40.0 Å². The lowest BCUT2D eigenvalue weighted by molar-refractivity contribution is 0.208. The number of amides is 2. The maximum atomic E-state index is 12.4. The molecule has 134 valence electrons. The molecule has 0 radical (unpaired) electrons. The predicted molar refractivity (Wildman–Crippen MR) is 105 cm³/mol. The lowest BCUT2D eigenvalue weighted by Gasteiger charge is -2.36. The van der Waals surface area contributed by atoms with Crippen molar-refractivity contribution in [1.29, 1.82) is 0 Å². The number of carbonyl (C=O) groups is 1. The van der Waals surface area contributed by atoms with E-state index in [2.05, 4.69) is 32.3 Å². The molecule has 2 heterocycles. The largest absolute Gasteiger partial charge is 0.368 e. The predicted octanol–water partition coefficient (Wildman–Crippen LogP) is 3.88. The van der Waals surface area contributed by atoms with Crippen LogP contribution in [0.3, 0.4) is 0 Å². The highest BCUT2D eigenvalue weighted by atomic mass is 35.5. The van der Waals surface area contributed by atoms with Gasteiger partial charge in [-0.1, -0.05) is 17.7 Å². The van der Waals surface area contributed by atoms with Crippen molar-refractivity contribution in [2.75, 3.05) is 36.4 Å². The molecule has 0 aliphatic carbocycles. The van der Waals surface area contributed by atoms with E-state index in [1.54, 1.807) is 12.1 Å². The average Bonchev–Trinajstić information content (AvgIpc) is 3.01. The number of benzene rings is 2. The Morgan fingerprint density at radius 2 is 1.96 bits per heavy atom. The summed E-state index contributed by atoms with van der Waals surface area (Å²) in [5.41, 5.74) is 3.88. The number of aromatic nitrogens is 2. The van der Waals surface area contributed by atoms with Gasteiger partial charge in [0.05, 0.1) is 11.0 Å². The van der Waals surface area contributed by atoms with E-state index in [1.165, 1.54) is 0 Å². The van der Waals surface area contributed by atoms with Gasteiger partial charge in [-0.3, -0.25) is 0 Å². The molecule has 26 heavy (non-hydrogen) atoms. The van der Waals surface area contributed by atoms with E-state index in [0.29, 0.717) is 23.8 Å². The molecule has 7 heteroatoms. The Morgan fingerprint density at radius 1 is 1.15 bits per heavy atom. The summed E-state index contributed by atoms with van der Waals surface area (Å²) in [6.45, 7) is 4.89. The summed E-state index contributed by atoms with van der Waals surface area (Å²) >= 11 is 5.97. The highest BCUT2D eigenvalue weighted by molar-refractivity contribution is 6.30. The third kappa shape index (κ3) is 3.46. The Bertz CT molecular complexity index is 946. The maximum absolute atomic E-state index is 12.4. The Labute approximate surface area is 156 Å². The van der Waals surface area contributed by atoms with Crippen LogP contribution in [0.2, 0.25) is 5.02 Å². The first-order chi connectivity index (χ1) is 12.6. The van der Waals surface area contributed by atoms with E-state index in [1.807, 2.05) is 30.0 Å². The highest BCUT2D eigenvalue weighted by Crippen LogP contribution is 2.22. The molecule has 0 unspecified atom stereocenters. The molecule has 2 N–H and O–H groups in total. The van der Waals surface area contributed by atoms with E-state index in [4.69, 9.17) is 11.6 Å². The normalized spacial score (nSPS) is 14.7. The number of piperazine rings is 1. The second-order valence-electron chi connectivity index (χ2n) is 6.44. The fourth-order valence-electron chi connectivity index (χ4n) is 3.26. The van der Waals surface area contributed by atoms with Crippen LogP contribution in [0.15, 0.2) is 42.5 Å². The highest BCUT2D eigenvalue weighted by Gasteiger charge is 2.21. The molecule has 6 nitrogen and oxygen atoms in total. The Kier molecular flexibility index (Phi) is 4.42. The van der Waals surface area contributed by atoms with Gasteiger partial charge in [-0.25, -0.2) is 9.78 Å². The molecule has 0 atom stereocenters. The third-order valence-electron chi connectivity index (χ3n) is 4.59. The van der Waals surface area contributed by atoms with Gasteiger partial charge in [0.1, 0.15) is 5.82 Å². The lowest BCUT2D eigenvalue weighted by Crippen LogP contribution is -2.50. The molecule has 1 aromatic heterocycles. The van der Waals surface area contributed by atoms with Crippen LogP contribution in [-0.4, -0.2) is 47.1 Å². The van der Waals surface area contributed by atoms with Crippen molar-refractivity contribution in [3.63, 3.8) is 0 Å². The first-order valence-electron chi connectivity index (χ1n) is 8.61. The number of anilines is 2. The zero-order chi connectivity index (χ0) is 18.1. The van der Waals surface area contributed by atoms with Crippen molar-refractivity contribution in [2.45, 2.75) is 6.92 Å². The summed E-state index contributed by atoms with van der Waals surface area (Å²) in [7, 11) is 0. The fourth-order valence-corrected chi connectivity index (χ4v) is 3.45. The van der Waals surface area contributed by atoms with E-state index in [-0.39, 0.29) is 6.03 Å². The van der Waals surface area contributed by atoms with Crippen LogP contribution in [0.25, 0.3) is 11.0 Å². The van der Waals surface area contributed by atoms with Crippen LogP contribution >= 0.6 is 11.6 Å². The summed E-state index contributed by atoms with van der Waals surface area (Å²) < 4.78 is 0. The molecule has 4 rings (SSSR count). The molecule has 1 saturated heterocycles. The van der Waals surface area contributed by atoms with Crippen molar-refractivity contribution in [3.05, 3.63) is 53.3 Å². The zero-order valence-corrected chi connectivity index (χ0v) is 15.3. The molecule has 0 saturated carbocycles. The Hall–Kier alpha value is -2.73. The second kappa shape index (κ2) is 6.88. The number of hydrogen-bond donors (Lipinski definition) is 2. The summed E-state index contributed by atoms with van der Waals surface area (Å²) in [4.78, 5) is 24.3. The number of aryl methyl sites for hydroxylation is 1. The SMILES string of the molecule is Cc1nc2ccc(N3CCN(C(=O)Nc4cccc(Cl)c4)CC3)cc2[nH]1. The molecule has 3 aromatic rings. The minimum absolute atomic E-state index is 0.0911. The van der Waals surface area contributed by atoms with Gasteiger partial charge in [0.25, 0.3) is 0 Å². The average molecular weight is 370 g/mol. The first-order valence-corrected chi connectivity index (χ1v) is 8.99. The van der Waals surface area contributed by atoms with Crippen LogP contribution < -0.4 is 10.2 Å². The molecule has 1 fully saturated rings. The lowest BCUT2D eigenvalue weighted by atomic mass is 10.2. The summed E-state index contributed by atoms with van der Waals surface area (Å²) in [6, 6.07) is 13.3. The molecule has 1 aliphatic heterocycles. The maximum Gasteiger partial charge on any atom is 0.321 e. The van der Waals surface area contributed by atoms with Crippen molar-refractivity contribution in [1.82, 2.24) is 14.9 Å². The molecular weight excluding hydrogens is 350 g/mol. The summed E-state index contributed by atoms with van der Waals surface area (Å²) in [5.74, 6) is 0.916. The van der Waals surface area contributed by atoms with Gasteiger partial charge in [0.2, 0.25) is 0 Å². The zero-order valence-electron chi connectivity index (χ0n) is 14.5. The number of imidazole rings is 1. The number of urea groups is 1. The molecule has 0 bridgehead atoms. The van der Waals surface area contributed by atoms with Crippen LogP contribution in [0.5, 0.6) is 0 Å². The summed E-state index contributed by atoms with van der Waals surface area (Å²) in [6.07, 6.45) is 0. The van der Waals surface area contributed by atoms with E-state index in [0.717, 1.165) is 35.6 Å². The number of nitrogens with zero attached hydrogens (tertiary/aromatic N) is 3. The second-order valence-corrected chi connectivity index (χ2v) is 6.87. The number of halogens is 1. The first kappa shape index (κ1) is 16.7. The van der Waals surface area contributed by atoms with E-state index in [9.17, 15) is 4.79 Å². The van der Waals surface area contributed by atoms with Crippen LogP contribution in [0.4, 0.5) is 16.2 Å². The number of H-pyrrole nitrogens is 1. The van der Waals surface area contributed by atoms with Crippen molar-refractivity contribution in [3.8, 4) is 0 Å². The molecule has 2 amide bonds. The van der Waals surface area contributed by atoms with Gasteiger partial charge in [0.15, 0.2) is 0 Å². The minimum Gasteiger partial charge on any atom is -0.368 e. The monoisotopic (exact) mass is 369 g/mol. The van der Waals surface area contributed by atoms with Gasteiger partial charge >= 0.3 is 6.03 Å². The van der Waals surface area contributed by atoms with Gasteiger partial charge < -0.3 is 20.1 Å². The number of rotatable bonds is 2. The standard InChI is InChI=1S/C19H20ClN5O/c1-13-21-17-6-5-16(12-18(17)22-13)24-7-9-25(10-8-24)19(26)23-15-4-2-3-14(20)11-15/h2-6,11-12H,7-10H2,1H3,(H,21,22)(H,23,26). The third-order valence-corrected chi connectivity index (χ3v) is 4.83. The minimum atomic E-state index is -0.0911. The van der Waals surface area contributed by atoms with Gasteiger partial charge in [0, 0.05) is 42.6 Å². The van der Waals surface area contributed by atoms with Crippen LogP contribution in [0.1, 0.15) is 5.82 Å². The number of fused-ring (bicyclic) bond motifs is 1. The Balaban J connectivity index is 1.39. The molecule has 0 spiro atoms. The molecular formula is C19H20ClN5O. The van der Waals surface area contributed by atoms with Crippen LogP contribution in [0, 0.1) is 6.92 Å². The fraction of sp³-hybridized carbons (Fsp3) is 0.263. The van der Waals surface area contributed by atoms with Gasteiger partial charge in [-0.05, 0) is 43.3 Å². The topological polar surface area (TPSA) is 64.3 Å². The number of nitrogens with one attached hydrogen (secondary N) is 2. The quantitative estimate of drug-likeness (QED) is 0.720. The van der Waals surface area contributed by atoms with Crippen LogP contribution in [-0.2, 0) is 0 Å². The van der Waals surface area contributed by atoms with Gasteiger partial charge in [-0.15, -0.1) is 0 Å². The molecule has 1 aliphatic rings. The number of aromatic amines is 1.